The van der Waals surface area contributed by atoms with Gasteiger partial charge in [0.25, 0.3) is 0 Å². The molecule has 3 nitrogen and oxygen atoms in total. The van der Waals surface area contributed by atoms with Crippen molar-refractivity contribution in [2.75, 3.05) is 4.90 Å². The van der Waals surface area contributed by atoms with Crippen molar-refractivity contribution in [3.63, 3.8) is 0 Å². The average molecular weight is 854 g/mol. The first-order valence-corrected chi connectivity index (χ1v) is 23.0. The third-order valence-corrected chi connectivity index (χ3v) is 13.4. The Hall–Kier alpha value is -8.92. The first-order chi connectivity index (χ1) is 33.2. The Bertz CT molecular complexity index is 3900. The van der Waals surface area contributed by atoms with E-state index in [1.165, 1.54) is 76.6 Å². The van der Waals surface area contributed by atoms with Crippen LogP contribution in [-0.2, 0) is 0 Å². The largest absolute Gasteiger partial charge is 0.311 e. The lowest BCUT2D eigenvalue weighted by Gasteiger charge is -2.25. The van der Waals surface area contributed by atoms with Crippen LogP contribution in [0, 0.1) is 0 Å². The van der Waals surface area contributed by atoms with Crippen LogP contribution < -0.4 is 4.90 Å². The molecule has 0 fully saturated rings. The van der Waals surface area contributed by atoms with Gasteiger partial charge in [0, 0.05) is 50.0 Å². The van der Waals surface area contributed by atoms with E-state index in [1.807, 2.05) is 0 Å². The van der Waals surface area contributed by atoms with Crippen molar-refractivity contribution in [1.29, 1.82) is 0 Å². The van der Waals surface area contributed by atoms with Crippen molar-refractivity contribution in [2.45, 2.75) is 0 Å². The SMILES string of the molecule is c1ccc(N(c2ccccc2)c2ccc(-c3cc(-c4ccc5c(c4)c4ccccc4n5-c4ccccc4)cc(-c4ccc5c(c4)c4c6ccccc6ccc4n5-c4ccccc4)c3)cc2)cc1. The van der Waals surface area contributed by atoms with E-state index in [0.29, 0.717) is 0 Å². The second-order valence-electron chi connectivity index (χ2n) is 17.4. The third kappa shape index (κ3) is 6.59. The van der Waals surface area contributed by atoms with Gasteiger partial charge in [-0.15, -0.1) is 0 Å². The molecule has 0 amide bonds. The molecule has 13 rings (SSSR count). The molecule has 0 atom stereocenters. The second-order valence-corrected chi connectivity index (χ2v) is 17.4. The fourth-order valence-corrected chi connectivity index (χ4v) is 10.4. The van der Waals surface area contributed by atoms with E-state index in [2.05, 4.69) is 275 Å². The minimum absolute atomic E-state index is 1.10. The van der Waals surface area contributed by atoms with Crippen LogP contribution in [0.2, 0.25) is 0 Å². The Morgan fingerprint density at radius 3 is 1.27 bits per heavy atom. The molecule has 2 heterocycles. The fraction of sp³-hybridized carbons (Fsp3) is 0. The molecular weight excluding hydrogens is 811 g/mol. The highest BCUT2D eigenvalue weighted by molar-refractivity contribution is 6.22. The zero-order chi connectivity index (χ0) is 44.3. The van der Waals surface area contributed by atoms with Gasteiger partial charge >= 0.3 is 0 Å². The number of rotatable bonds is 8. The van der Waals surface area contributed by atoms with Gasteiger partial charge in [-0.25, -0.2) is 0 Å². The van der Waals surface area contributed by atoms with Gasteiger partial charge < -0.3 is 14.0 Å². The Kier molecular flexibility index (Phi) is 9.17. The van der Waals surface area contributed by atoms with Gasteiger partial charge in [-0.05, 0) is 159 Å². The van der Waals surface area contributed by atoms with Crippen molar-refractivity contribution in [3.05, 3.63) is 261 Å². The van der Waals surface area contributed by atoms with Gasteiger partial charge in [0.15, 0.2) is 0 Å². The first-order valence-electron chi connectivity index (χ1n) is 23.0. The predicted molar refractivity (Wildman–Crippen MR) is 284 cm³/mol. The molecule has 0 radical (unpaired) electrons. The van der Waals surface area contributed by atoms with Gasteiger partial charge in [-0.3, -0.25) is 0 Å². The van der Waals surface area contributed by atoms with Crippen LogP contribution in [0.1, 0.15) is 0 Å². The molecule has 0 spiro atoms. The van der Waals surface area contributed by atoms with Crippen LogP contribution in [-0.4, -0.2) is 9.13 Å². The molecule has 0 aliphatic rings. The van der Waals surface area contributed by atoms with E-state index in [1.54, 1.807) is 0 Å². The van der Waals surface area contributed by atoms with E-state index in [4.69, 9.17) is 0 Å². The lowest BCUT2D eigenvalue weighted by molar-refractivity contribution is 1.18. The summed E-state index contributed by atoms with van der Waals surface area (Å²) in [5.41, 5.74) is 17.4. The summed E-state index contributed by atoms with van der Waals surface area (Å²) >= 11 is 0. The predicted octanol–water partition coefficient (Wildman–Crippen LogP) is 17.5. The fourth-order valence-electron chi connectivity index (χ4n) is 10.4. The van der Waals surface area contributed by atoms with Crippen LogP contribution in [0.4, 0.5) is 17.1 Å². The van der Waals surface area contributed by atoms with Gasteiger partial charge in [-0.1, -0.05) is 146 Å². The summed E-state index contributed by atoms with van der Waals surface area (Å²) in [5.74, 6) is 0. The van der Waals surface area contributed by atoms with Gasteiger partial charge in [-0.2, -0.15) is 0 Å². The Labute approximate surface area is 389 Å². The van der Waals surface area contributed by atoms with E-state index >= 15 is 0 Å². The number of para-hydroxylation sites is 5. The van der Waals surface area contributed by atoms with Crippen LogP contribution in [0.25, 0.3) is 99.1 Å². The standard InChI is InChI=1S/C64H43N3/c1-5-18-51(19-6-1)65(52-20-7-2-8-21-52)55-34-29-44(30-35-55)48-39-49(46-32-36-61-58(42-46)57-27-15-16-28-60(57)66(61)53-22-9-3-10-23-53)41-50(40-48)47-33-37-62-59(43-47)64-56-26-14-13-17-45(56)31-38-63(64)67(62)54-24-11-4-12-25-54/h1-43H. The van der Waals surface area contributed by atoms with E-state index in [0.717, 1.165) is 39.6 Å². The molecule has 11 aromatic carbocycles. The first kappa shape index (κ1) is 38.5. The number of hydrogen-bond donors (Lipinski definition) is 0. The maximum Gasteiger partial charge on any atom is 0.0547 e. The Morgan fingerprint density at radius 2 is 0.657 bits per heavy atom. The van der Waals surface area contributed by atoms with Crippen molar-refractivity contribution in [3.8, 4) is 44.8 Å². The monoisotopic (exact) mass is 853 g/mol. The minimum Gasteiger partial charge on any atom is -0.311 e. The van der Waals surface area contributed by atoms with E-state index in [-0.39, 0.29) is 0 Å². The number of aromatic nitrogens is 2. The van der Waals surface area contributed by atoms with E-state index in [9.17, 15) is 0 Å². The number of anilines is 3. The summed E-state index contributed by atoms with van der Waals surface area (Å²) < 4.78 is 4.80. The summed E-state index contributed by atoms with van der Waals surface area (Å²) in [5, 5.41) is 7.48. The number of benzene rings is 11. The zero-order valence-corrected chi connectivity index (χ0v) is 36.7. The second kappa shape index (κ2) is 16.0. The smallest absolute Gasteiger partial charge is 0.0547 e. The molecule has 0 saturated carbocycles. The van der Waals surface area contributed by atoms with Crippen molar-refractivity contribution in [2.24, 2.45) is 0 Å². The van der Waals surface area contributed by atoms with Crippen LogP contribution >= 0.6 is 0 Å². The maximum absolute atomic E-state index is 2.42. The lowest BCUT2D eigenvalue weighted by Crippen LogP contribution is -2.09. The summed E-state index contributed by atoms with van der Waals surface area (Å²) in [7, 11) is 0. The topological polar surface area (TPSA) is 13.1 Å². The van der Waals surface area contributed by atoms with Crippen LogP contribution in [0.15, 0.2) is 261 Å². The maximum atomic E-state index is 2.42. The quantitative estimate of drug-likeness (QED) is 0.148. The van der Waals surface area contributed by atoms with Crippen molar-refractivity contribution >= 4 is 71.4 Å². The normalized spacial score (nSPS) is 11.6. The number of fused-ring (bicyclic) bond motifs is 8. The molecule has 0 saturated heterocycles. The van der Waals surface area contributed by atoms with Crippen LogP contribution in [0.3, 0.4) is 0 Å². The molecule has 3 heteroatoms. The zero-order valence-electron chi connectivity index (χ0n) is 36.7. The summed E-state index contributed by atoms with van der Waals surface area (Å²) in [6.45, 7) is 0. The average Bonchev–Trinajstić information content (AvgIpc) is 3.92. The molecule has 314 valence electrons. The summed E-state index contributed by atoms with van der Waals surface area (Å²) in [6, 6.07) is 95.0. The van der Waals surface area contributed by atoms with Crippen LogP contribution in [0.5, 0.6) is 0 Å². The minimum atomic E-state index is 1.10. The highest BCUT2D eigenvalue weighted by atomic mass is 15.1. The highest BCUT2D eigenvalue weighted by Crippen LogP contribution is 2.42. The lowest BCUT2D eigenvalue weighted by atomic mass is 9.92. The molecule has 0 bridgehead atoms. The summed E-state index contributed by atoms with van der Waals surface area (Å²) in [6.07, 6.45) is 0. The molecule has 0 aliphatic heterocycles. The number of nitrogens with zero attached hydrogens (tertiary/aromatic N) is 3. The Morgan fingerprint density at radius 1 is 0.239 bits per heavy atom. The molecule has 0 unspecified atom stereocenters. The Balaban J connectivity index is 1.01. The van der Waals surface area contributed by atoms with Gasteiger partial charge in [0.1, 0.15) is 0 Å². The molecule has 13 aromatic rings. The molecule has 0 aliphatic carbocycles. The number of hydrogen-bond acceptors (Lipinski definition) is 1. The molecule has 67 heavy (non-hydrogen) atoms. The third-order valence-electron chi connectivity index (χ3n) is 13.4. The summed E-state index contributed by atoms with van der Waals surface area (Å²) in [4.78, 5) is 2.32. The molecule has 2 aromatic heterocycles. The van der Waals surface area contributed by atoms with E-state index < -0.39 is 0 Å². The van der Waals surface area contributed by atoms with Crippen molar-refractivity contribution < 1.29 is 0 Å². The van der Waals surface area contributed by atoms with Gasteiger partial charge in [0.2, 0.25) is 0 Å². The van der Waals surface area contributed by atoms with Gasteiger partial charge in [0.05, 0.1) is 22.1 Å². The molecule has 0 N–H and O–H groups in total. The highest BCUT2D eigenvalue weighted by Gasteiger charge is 2.19. The van der Waals surface area contributed by atoms with Crippen molar-refractivity contribution in [1.82, 2.24) is 9.13 Å². The molecular formula is C64H43N3.